The minimum absolute atomic E-state index is 0.0573. The third kappa shape index (κ3) is 6.62. The van der Waals surface area contributed by atoms with E-state index < -0.39 is 24.0 Å². The standard InChI is InChI=1S/C33H48N4O8/c1-4-42-32(43-5-2)27-20-34-36-37(27)29-19-26(35-44-6-3)24-17-21(11-7-9-15-38)23(12-8-10-16-39)30-25-18-22(40)13-14-28(25)45-33(29,41)31(24)30/h13-14,17-18,20-21,23,29-32,38-41H,4-12,15-16,19H2,1-3H3/t21-,23+,29-,30+,31+,33+/m0/s1. The monoisotopic (exact) mass is 628 g/mol. The highest BCUT2D eigenvalue weighted by atomic mass is 16.7. The normalized spacial score (nSPS) is 28.0. The van der Waals surface area contributed by atoms with Crippen molar-refractivity contribution in [3.63, 3.8) is 0 Å². The summed E-state index contributed by atoms with van der Waals surface area (Å²) in [6, 6.07) is 4.27. The molecule has 0 amide bonds. The zero-order valence-corrected chi connectivity index (χ0v) is 26.5. The van der Waals surface area contributed by atoms with Crippen LogP contribution in [0.5, 0.6) is 11.5 Å². The highest BCUT2D eigenvalue weighted by molar-refractivity contribution is 6.02. The average molecular weight is 629 g/mol. The topological polar surface area (TPSA) is 161 Å². The molecule has 12 nitrogen and oxygen atoms in total. The van der Waals surface area contributed by atoms with Gasteiger partial charge in [-0.2, -0.15) is 0 Å². The first kappa shape index (κ1) is 33.3. The lowest BCUT2D eigenvalue weighted by Gasteiger charge is -2.56. The molecule has 1 fully saturated rings. The quantitative estimate of drug-likeness (QED) is 0.119. The van der Waals surface area contributed by atoms with Gasteiger partial charge in [-0.25, -0.2) is 4.68 Å². The molecule has 1 aliphatic heterocycles. The molecule has 4 N–H and O–H groups in total. The molecular weight excluding hydrogens is 580 g/mol. The summed E-state index contributed by atoms with van der Waals surface area (Å²) < 4.78 is 20.1. The molecule has 6 atom stereocenters. The summed E-state index contributed by atoms with van der Waals surface area (Å²) in [6.45, 7) is 7.05. The molecule has 1 aromatic carbocycles. The third-order valence-corrected chi connectivity index (χ3v) is 9.34. The molecule has 0 bridgehead atoms. The van der Waals surface area contributed by atoms with Crippen LogP contribution in [-0.4, -0.2) is 80.0 Å². The van der Waals surface area contributed by atoms with Gasteiger partial charge in [0.1, 0.15) is 29.8 Å². The lowest BCUT2D eigenvalue weighted by Crippen LogP contribution is -2.62. The molecule has 2 aliphatic carbocycles. The molecule has 1 saturated carbocycles. The van der Waals surface area contributed by atoms with Gasteiger partial charge in [0.05, 0.1) is 17.8 Å². The Bertz CT molecular complexity index is 1330. The number of hydrogen-bond donors (Lipinski definition) is 4. The van der Waals surface area contributed by atoms with E-state index in [-0.39, 0.29) is 43.1 Å². The minimum Gasteiger partial charge on any atom is -0.508 e. The first-order chi connectivity index (χ1) is 21.9. The van der Waals surface area contributed by atoms with Crippen LogP contribution in [0.1, 0.15) is 95.2 Å². The molecule has 2 aromatic rings. The predicted molar refractivity (Wildman–Crippen MR) is 166 cm³/mol. The molecule has 0 saturated heterocycles. The van der Waals surface area contributed by atoms with Gasteiger partial charge in [-0.05, 0) is 82.1 Å². The lowest BCUT2D eigenvalue weighted by molar-refractivity contribution is -0.227. The Kier molecular flexibility index (Phi) is 11.1. The van der Waals surface area contributed by atoms with Gasteiger partial charge in [-0.15, -0.1) is 5.10 Å². The van der Waals surface area contributed by atoms with E-state index in [1.54, 1.807) is 29.1 Å². The van der Waals surface area contributed by atoms with Crippen molar-refractivity contribution in [1.29, 1.82) is 0 Å². The SMILES string of the molecule is CCON=C1C[C@H](n2nncc2C(OCC)OCC)[C@@]2(O)Oc3ccc(O)cc3[C@H]3[C@H](CCCCO)[C@@H](CCCCO)C=C1[C@H]32. The van der Waals surface area contributed by atoms with E-state index in [2.05, 4.69) is 21.5 Å². The van der Waals surface area contributed by atoms with Crippen LogP contribution in [0.4, 0.5) is 0 Å². The molecule has 3 aliphatic rings. The number of hydrogen-bond acceptors (Lipinski definition) is 11. The number of fused-ring (bicyclic) bond motifs is 2. The van der Waals surface area contributed by atoms with Gasteiger partial charge < -0.3 is 39.5 Å². The van der Waals surface area contributed by atoms with Crippen LogP contribution in [0.3, 0.4) is 0 Å². The second-order valence-corrected chi connectivity index (χ2v) is 12.0. The first-order valence-corrected chi connectivity index (χ1v) is 16.4. The van der Waals surface area contributed by atoms with Crippen molar-refractivity contribution in [2.45, 2.75) is 89.8 Å². The number of nitrogens with zero attached hydrogens (tertiary/aromatic N) is 4. The van der Waals surface area contributed by atoms with Gasteiger partial charge in [0.2, 0.25) is 12.1 Å². The lowest BCUT2D eigenvalue weighted by atomic mass is 9.55. The summed E-state index contributed by atoms with van der Waals surface area (Å²) in [7, 11) is 0. The zero-order valence-electron chi connectivity index (χ0n) is 26.5. The Morgan fingerprint density at radius 1 is 1.04 bits per heavy atom. The summed E-state index contributed by atoms with van der Waals surface area (Å²) in [4.78, 5) is 5.66. The first-order valence-electron chi connectivity index (χ1n) is 16.4. The van der Waals surface area contributed by atoms with Crippen molar-refractivity contribution in [2.75, 3.05) is 33.0 Å². The summed E-state index contributed by atoms with van der Waals surface area (Å²) in [5.74, 6) is -1.82. The van der Waals surface area contributed by atoms with Gasteiger partial charge >= 0.3 is 0 Å². The third-order valence-electron chi connectivity index (χ3n) is 9.34. The Morgan fingerprint density at radius 3 is 2.47 bits per heavy atom. The molecule has 1 aromatic heterocycles. The Hall–Kier alpha value is -3.03. The van der Waals surface area contributed by atoms with E-state index in [9.17, 15) is 20.4 Å². The van der Waals surface area contributed by atoms with E-state index in [0.29, 0.717) is 49.8 Å². The van der Waals surface area contributed by atoms with E-state index >= 15 is 0 Å². The van der Waals surface area contributed by atoms with Crippen LogP contribution in [0, 0.1) is 17.8 Å². The number of ether oxygens (including phenoxy) is 3. The zero-order chi connectivity index (χ0) is 32.0. The van der Waals surface area contributed by atoms with Gasteiger partial charge in [0.25, 0.3) is 0 Å². The predicted octanol–water partition coefficient (Wildman–Crippen LogP) is 4.37. The molecule has 248 valence electrons. The fraction of sp³-hybridized carbons (Fsp3) is 0.667. The maximum absolute atomic E-state index is 13.0. The van der Waals surface area contributed by atoms with Gasteiger partial charge in [-0.3, -0.25) is 0 Å². The number of aromatic hydroxyl groups is 1. The number of aliphatic hydroxyl groups is 3. The van der Waals surface area contributed by atoms with Gasteiger partial charge in [0, 0.05) is 44.3 Å². The van der Waals surface area contributed by atoms with Crippen LogP contribution in [0.2, 0.25) is 0 Å². The number of rotatable bonds is 16. The summed E-state index contributed by atoms with van der Waals surface area (Å²) in [5, 5.41) is 56.1. The van der Waals surface area contributed by atoms with Gasteiger partial charge in [-0.1, -0.05) is 29.3 Å². The summed E-state index contributed by atoms with van der Waals surface area (Å²) in [5.41, 5.74) is 2.93. The number of unbranched alkanes of at least 4 members (excludes halogenated alkanes) is 2. The number of phenolic OH excluding ortho intramolecular Hbond substituents is 1. The summed E-state index contributed by atoms with van der Waals surface area (Å²) >= 11 is 0. The van der Waals surface area contributed by atoms with Crippen molar-refractivity contribution >= 4 is 5.71 Å². The molecule has 0 unspecified atom stereocenters. The molecule has 12 heteroatoms. The van der Waals surface area contributed by atoms with E-state index in [1.165, 1.54) is 0 Å². The number of oxime groups is 1. The number of benzene rings is 1. The van der Waals surface area contributed by atoms with Crippen LogP contribution < -0.4 is 4.74 Å². The fourth-order valence-corrected chi connectivity index (χ4v) is 7.54. The molecular formula is C33H48N4O8. The Labute approximate surface area is 264 Å². The largest absolute Gasteiger partial charge is 0.508 e. The molecule has 5 rings (SSSR count). The van der Waals surface area contributed by atoms with E-state index in [1.807, 2.05) is 20.8 Å². The van der Waals surface area contributed by atoms with Crippen LogP contribution >= 0.6 is 0 Å². The second kappa shape index (κ2) is 15.0. The Balaban J connectivity index is 1.71. The molecule has 0 radical (unpaired) electrons. The van der Waals surface area contributed by atoms with Crippen molar-refractivity contribution in [2.24, 2.45) is 22.9 Å². The van der Waals surface area contributed by atoms with Crippen molar-refractivity contribution < 1.29 is 39.5 Å². The molecule has 45 heavy (non-hydrogen) atoms. The molecule has 2 heterocycles. The number of aliphatic hydroxyl groups excluding tert-OH is 2. The average Bonchev–Trinajstić information content (AvgIpc) is 3.51. The maximum Gasteiger partial charge on any atom is 0.238 e. The number of allylic oxidation sites excluding steroid dienone is 1. The van der Waals surface area contributed by atoms with E-state index in [4.69, 9.17) is 19.0 Å². The number of phenols is 1. The fourth-order valence-electron chi connectivity index (χ4n) is 7.54. The highest BCUT2D eigenvalue weighted by Crippen LogP contribution is 2.62. The van der Waals surface area contributed by atoms with Gasteiger partial charge in [0.15, 0.2) is 0 Å². The summed E-state index contributed by atoms with van der Waals surface area (Å²) in [6.07, 6.45) is 7.96. The maximum atomic E-state index is 13.0. The smallest absolute Gasteiger partial charge is 0.238 e. The van der Waals surface area contributed by atoms with Crippen LogP contribution in [0.15, 0.2) is 41.2 Å². The van der Waals surface area contributed by atoms with Crippen molar-refractivity contribution in [3.05, 3.63) is 47.3 Å². The van der Waals surface area contributed by atoms with E-state index in [0.717, 1.165) is 36.8 Å². The second-order valence-electron chi connectivity index (χ2n) is 12.0. The Morgan fingerprint density at radius 2 is 1.78 bits per heavy atom. The van der Waals surface area contributed by atoms with Crippen LogP contribution in [0.25, 0.3) is 0 Å². The number of aromatic nitrogens is 3. The minimum atomic E-state index is -1.78. The van der Waals surface area contributed by atoms with Crippen LogP contribution in [-0.2, 0) is 14.3 Å². The van der Waals surface area contributed by atoms with Crippen molar-refractivity contribution in [1.82, 2.24) is 15.0 Å². The van der Waals surface area contributed by atoms with Crippen molar-refractivity contribution in [3.8, 4) is 11.5 Å². The molecule has 0 spiro atoms. The highest BCUT2D eigenvalue weighted by Gasteiger charge is 2.63.